The Balaban J connectivity index is 2.88. The molecule has 5 atom stereocenters. The molecule has 12 heteroatoms. The third-order valence-electron chi connectivity index (χ3n) is 2.62. The summed E-state index contributed by atoms with van der Waals surface area (Å²) >= 11 is 0.672. The van der Waals surface area contributed by atoms with E-state index in [2.05, 4.69) is 9.44 Å². The lowest BCUT2D eigenvalue weighted by Crippen LogP contribution is -2.57. The smallest absolute Gasteiger partial charge is 0.394 e. The predicted octanol–water partition coefficient (Wildman–Crippen LogP) is -1.77. The highest BCUT2D eigenvalue weighted by Gasteiger charge is 2.44. The van der Waals surface area contributed by atoms with Crippen molar-refractivity contribution in [2.75, 3.05) is 6.61 Å². The number of rotatable bonds is 5. The number of oxime groups is 1. The second-order valence-electron chi connectivity index (χ2n) is 4.25. The van der Waals surface area contributed by atoms with Gasteiger partial charge in [-0.25, -0.2) is 4.28 Å². The first-order valence-electron chi connectivity index (χ1n) is 6.03. The van der Waals surface area contributed by atoms with Gasteiger partial charge < -0.3 is 25.2 Å². The number of thioether (sulfide) groups is 1. The number of aliphatic hydroxyl groups is 4. The molecule has 1 rings (SSSR count). The van der Waals surface area contributed by atoms with E-state index in [9.17, 15) is 23.7 Å². The van der Waals surface area contributed by atoms with E-state index in [1.54, 1.807) is 6.92 Å². The van der Waals surface area contributed by atoms with E-state index in [0.717, 1.165) is 0 Å². The van der Waals surface area contributed by atoms with Crippen molar-refractivity contribution >= 4 is 27.2 Å². The largest absolute Gasteiger partial charge is 0.466 e. The topological polar surface area (TPSA) is 166 Å². The molecule has 0 aliphatic carbocycles. The second-order valence-corrected chi connectivity index (χ2v) is 6.37. The average Bonchev–Trinajstić information content (AvgIpc) is 2.44. The van der Waals surface area contributed by atoms with Crippen LogP contribution in [0.5, 0.6) is 0 Å². The third kappa shape index (κ3) is 5.48. The minimum atomic E-state index is -4.79. The van der Waals surface area contributed by atoms with E-state index in [-0.39, 0.29) is 5.04 Å². The highest BCUT2D eigenvalue weighted by Crippen LogP contribution is 2.29. The minimum absolute atomic E-state index is 0.0931. The molecule has 0 radical (unpaired) electrons. The SMILES string of the molecule is C/C=C/C(=NOS(=O)(=O)O)SC1OC(CO)C(O)C(O)C1O. The van der Waals surface area contributed by atoms with Gasteiger partial charge in [-0.05, 0) is 13.0 Å². The Hall–Kier alpha value is -0.730. The van der Waals surface area contributed by atoms with Crippen molar-refractivity contribution in [3.8, 4) is 0 Å². The number of nitrogens with zero attached hydrogens (tertiary/aromatic N) is 1. The van der Waals surface area contributed by atoms with Crippen LogP contribution in [0, 0.1) is 0 Å². The summed E-state index contributed by atoms with van der Waals surface area (Å²) in [5.41, 5.74) is -1.16. The maximum absolute atomic E-state index is 10.5. The molecule has 0 aromatic carbocycles. The van der Waals surface area contributed by atoms with Crippen LogP contribution in [-0.2, 0) is 19.4 Å². The van der Waals surface area contributed by atoms with E-state index in [1.807, 2.05) is 0 Å². The van der Waals surface area contributed by atoms with Crippen LogP contribution in [0.2, 0.25) is 0 Å². The number of hydrogen-bond donors (Lipinski definition) is 5. The summed E-state index contributed by atoms with van der Waals surface area (Å²) in [5.74, 6) is 0. The van der Waals surface area contributed by atoms with Gasteiger partial charge in [0.2, 0.25) is 0 Å². The molecular formula is C10H17NO9S2. The van der Waals surface area contributed by atoms with E-state index >= 15 is 0 Å². The highest BCUT2D eigenvalue weighted by atomic mass is 32.3. The van der Waals surface area contributed by atoms with Gasteiger partial charge in [0.25, 0.3) is 0 Å². The van der Waals surface area contributed by atoms with E-state index in [4.69, 9.17) is 14.4 Å². The fourth-order valence-corrected chi connectivity index (χ4v) is 2.85. The molecule has 128 valence electrons. The quantitative estimate of drug-likeness (QED) is 0.164. The van der Waals surface area contributed by atoms with Crippen LogP contribution < -0.4 is 0 Å². The molecular weight excluding hydrogens is 342 g/mol. The Morgan fingerprint density at radius 2 is 1.95 bits per heavy atom. The first-order chi connectivity index (χ1) is 10.2. The Morgan fingerprint density at radius 3 is 2.45 bits per heavy atom. The molecule has 1 aliphatic heterocycles. The van der Waals surface area contributed by atoms with Crippen molar-refractivity contribution in [1.29, 1.82) is 0 Å². The lowest BCUT2D eigenvalue weighted by molar-refractivity contribution is -0.205. The highest BCUT2D eigenvalue weighted by molar-refractivity contribution is 8.14. The standard InChI is InChI=1S/C10H17NO9S2/c1-2-3-6(11-20-22(16,17)18)21-10-9(15)8(14)7(13)5(4-12)19-10/h2-3,5,7-10,12-15H,4H2,1H3,(H,16,17,18)/b3-2+,11-6?. The Labute approximate surface area is 131 Å². The zero-order valence-corrected chi connectivity index (χ0v) is 13.0. The molecule has 1 aliphatic rings. The monoisotopic (exact) mass is 359 g/mol. The molecule has 5 N–H and O–H groups in total. The van der Waals surface area contributed by atoms with Crippen LogP contribution in [0.1, 0.15) is 6.92 Å². The summed E-state index contributed by atoms with van der Waals surface area (Å²) in [5, 5.41) is 41.3. The molecule has 5 unspecified atom stereocenters. The number of hydrogen-bond acceptors (Lipinski definition) is 10. The van der Waals surface area contributed by atoms with Gasteiger partial charge in [0, 0.05) is 0 Å². The fourth-order valence-electron chi connectivity index (χ4n) is 1.60. The van der Waals surface area contributed by atoms with Gasteiger partial charge in [-0.1, -0.05) is 23.0 Å². The summed E-state index contributed by atoms with van der Waals surface area (Å²) in [6.07, 6.45) is -2.93. The Bertz CT molecular complexity index is 518. The van der Waals surface area contributed by atoms with E-state index in [1.165, 1.54) is 12.2 Å². The molecule has 0 aromatic rings. The first-order valence-corrected chi connectivity index (χ1v) is 8.28. The Kier molecular flexibility index (Phi) is 7.21. The van der Waals surface area contributed by atoms with Crippen molar-refractivity contribution in [2.45, 2.75) is 36.8 Å². The second kappa shape index (κ2) is 8.21. The van der Waals surface area contributed by atoms with Crippen molar-refractivity contribution in [1.82, 2.24) is 0 Å². The lowest BCUT2D eigenvalue weighted by atomic mass is 10.0. The summed E-state index contributed by atoms with van der Waals surface area (Å²) < 4.78 is 38.5. The van der Waals surface area contributed by atoms with Crippen LogP contribution in [-0.4, -0.2) is 74.9 Å². The maximum atomic E-state index is 10.5. The zero-order valence-electron chi connectivity index (χ0n) is 11.4. The van der Waals surface area contributed by atoms with Gasteiger partial charge >= 0.3 is 10.4 Å². The lowest BCUT2D eigenvalue weighted by Gasteiger charge is -2.39. The van der Waals surface area contributed by atoms with Gasteiger partial charge in [0.1, 0.15) is 34.9 Å². The van der Waals surface area contributed by atoms with Gasteiger partial charge in [-0.15, -0.1) is 0 Å². The van der Waals surface area contributed by atoms with Gasteiger partial charge in [0.05, 0.1) is 6.61 Å². The van der Waals surface area contributed by atoms with Crippen molar-refractivity contribution in [3.63, 3.8) is 0 Å². The molecule has 0 aromatic heterocycles. The van der Waals surface area contributed by atoms with E-state index in [0.29, 0.717) is 11.8 Å². The first kappa shape index (κ1) is 19.3. The molecule has 1 fully saturated rings. The third-order valence-corrected chi connectivity index (χ3v) is 3.95. The van der Waals surface area contributed by atoms with Crippen molar-refractivity contribution in [2.24, 2.45) is 5.16 Å². The molecule has 0 amide bonds. The van der Waals surface area contributed by atoms with E-state index < -0.39 is 46.9 Å². The molecule has 0 bridgehead atoms. The van der Waals surface area contributed by atoms with Gasteiger partial charge in [-0.2, -0.15) is 8.42 Å². The fraction of sp³-hybridized carbons (Fsp3) is 0.700. The van der Waals surface area contributed by atoms with Crippen LogP contribution in [0.3, 0.4) is 0 Å². The molecule has 10 nitrogen and oxygen atoms in total. The number of aliphatic hydroxyl groups excluding tert-OH is 4. The molecule has 1 saturated heterocycles. The van der Waals surface area contributed by atoms with Gasteiger partial charge in [-0.3, -0.25) is 4.55 Å². The summed E-state index contributed by atoms with van der Waals surface area (Å²) in [6, 6.07) is 0. The minimum Gasteiger partial charge on any atom is -0.394 e. The number of ether oxygens (including phenoxy) is 1. The molecule has 0 spiro atoms. The number of allylic oxidation sites excluding steroid dienone is 1. The van der Waals surface area contributed by atoms with Crippen LogP contribution in [0.4, 0.5) is 0 Å². The normalized spacial score (nSPS) is 34.1. The summed E-state index contributed by atoms with van der Waals surface area (Å²) in [4.78, 5) is 0. The van der Waals surface area contributed by atoms with Crippen LogP contribution >= 0.6 is 11.8 Å². The van der Waals surface area contributed by atoms with Crippen LogP contribution in [0.25, 0.3) is 0 Å². The van der Waals surface area contributed by atoms with Gasteiger partial charge in [0.15, 0.2) is 0 Å². The average molecular weight is 359 g/mol. The predicted molar refractivity (Wildman–Crippen MR) is 76.2 cm³/mol. The van der Waals surface area contributed by atoms with Crippen LogP contribution in [0.15, 0.2) is 17.3 Å². The Morgan fingerprint density at radius 1 is 1.32 bits per heavy atom. The maximum Gasteiger partial charge on any atom is 0.466 e. The summed E-state index contributed by atoms with van der Waals surface area (Å²) in [7, 11) is -4.79. The molecule has 1 heterocycles. The molecule has 0 saturated carbocycles. The van der Waals surface area contributed by atoms with Crippen molar-refractivity contribution in [3.05, 3.63) is 12.2 Å². The zero-order chi connectivity index (χ0) is 16.9. The summed E-state index contributed by atoms with van der Waals surface area (Å²) in [6.45, 7) is 0.996. The molecule has 22 heavy (non-hydrogen) atoms. The van der Waals surface area contributed by atoms with Crippen molar-refractivity contribution < 1.29 is 42.4 Å².